The van der Waals surface area contributed by atoms with Crippen LogP contribution in [0.15, 0.2) is 18.2 Å². The topological polar surface area (TPSA) is 194 Å². The van der Waals surface area contributed by atoms with Crippen LogP contribution in [0.25, 0.3) is 0 Å². The molecule has 1 atom stereocenters. The first kappa shape index (κ1) is 28.0. The number of imide groups is 1. The summed E-state index contributed by atoms with van der Waals surface area (Å²) in [5.41, 5.74) is 5.26. The van der Waals surface area contributed by atoms with Crippen LogP contribution in [-0.2, 0) is 24.0 Å². The van der Waals surface area contributed by atoms with Gasteiger partial charge in [0.25, 0.3) is 17.7 Å². The van der Waals surface area contributed by atoms with Crippen molar-refractivity contribution in [3.05, 3.63) is 29.3 Å². The van der Waals surface area contributed by atoms with Crippen molar-refractivity contribution in [2.24, 2.45) is 5.73 Å². The molecule has 0 bridgehead atoms. The summed E-state index contributed by atoms with van der Waals surface area (Å²) in [5.74, 6) is -3.46. The molecule has 0 aliphatic carbocycles. The molecule has 0 fully saturated rings. The van der Waals surface area contributed by atoms with Crippen LogP contribution in [0.1, 0.15) is 52.8 Å². The van der Waals surface area contributed by atoms with Crippen LogP contribution < -0.4 is 26.4 Å². The highest BCUT2D eigenvalue weighted by Crippen LogP contribution is 2.32. The molecular weight excluding hydrogens is 474 g/mol. The third-order valence-electron chi connectivity index (χ3n) is 5.32. The third-order valence-corrected chi connectivity index (χ3v) is 5.32. The van der Waals surface area contributed by atoms with Crippen LogP contribution in [-0.4, -0.2) is 79.4 Å². The number of nitrogens with zero attached hydrogens (tertiary/aromatic N) is 1. The Kier molecular flexibility index (Phi) is 10.5. The number of carbonyl (C=O) groups is 7. The quantitative estimate of drug-likeness (QED) is 0.128. The van der Waals surface area contributed by atoms with E-state index in [1.165, 1.54) is 25.2 Å². The van der Waals surface area contributed by atoms with E-state index in [4.69, 9.17) is 10.5 Å². The van der Waals surface area contributed by atoms with Gasteiger partial charge in [-0.2, -0.15) is 0 Å². The molecule has 0 aromatic heterocycles. The lowest BCUT2D eigenvalue weighted by Crippen LogP contribution is -2.47. The van der Waals surface area contributed by atoms with Crippen molar-refractivity contribution in [3.63, 3.8) is 0 Å². The zero-order valence-corrected chi connectivity index (χ0v) is 19.8. The van der Waals surface area contributed by atoms with Crippen molar-refractivity contribution >= 4 is 41.7 Å². The van der Waals surface area contributed by atoms with Crippen molar-refractivity contribution in [1.82, 2.24) is 20.9 Å². The van der Waals surface area contributed by atoms with Crippen LogP contribution >= 0.6 is 0 Å². The predicted molar refractivity (Wildman–Crippen MR) is 125 cm³/mol. The number of ether oxygens (including phenoxy) is 1. The Balaban J connectivity index is 1.86. The Morgan fingerprint density at radius 1 is 1.03 bits per heavy atom. The summed E-state index contributed by atoms with van der Waals surface area (Å²) in [7, 11) is 1.49. The van der Waals surface area contributed by atoms with Crippen molar-refractivity contribution < 1.29 is 38.3 Å². The van der Waals surface area contributed by atoms with Crippen LogP contribution in [0.3, 0.4) is 0 Å². The molecule has 0 saturated carbocycles. The van der Waals surface area contributed by atoms with Crippen molar-refractivity contribution in [2.75, 3.05) is 26.7 Å². The van der Waals surface area contributed by atoms with E-state index in [9.17, 15) is 33.6 Å². The summed E-state index contributed by atoms with van der Waals surface area (Å²) in [5, 5.41) is 7.66. The second-order valence-corrected chi connectivity index (χ2v) is 7.84. The summed E-state index contributed by atoms with van der Waals surface area (Å²) in [4.78, 5) is 83.8. The number of aldehydes is 1. The zero-order valence-electron chi connectivity index (χ0n) is 19.8. The molecule has 1 aromatic carbocycles. The highest BCUT2D eigenvalue weighted by Gasteiger charge is 2.43. The van der Waals surface area contributed by atoms with Crippen molar-refractivity contribution in [1.29, 1.82) is 0 Å². The van der Waals surface area contributed by atoms with E-state index in [1.807, 2.05) is 0 Å². The van der Waals surface area contributed by atoms with Gasteiger partial charge in [0, 0.05) is 39.4 Å². The first-order valence-corrected chi connectivity index (χ1v) is 11.3. The van der Waals surface area contributed by atoms with E-state index in [0.717, 1.165) is 0 Å². The predicted octanol–water partition coefficient (Wildman–Crippen LogP) is -1.36. The molecular formula is C23H29N5O8. The van der Waals surface area contributed by atoms with Gasteiger partial charge >= 0.3 is 0 Å². The molecule has 5 N–H and O–H groups in total. The largest absolute Gasteiger partial charge is 0.483 e. The Morgan fingerprint density at radius 2 is 1.69 bits per heavy atom. The number of nitrogens with two attached hydrogens (primary N) is 1. The van der Waals surface area contributed by atoms with Gasteiger partial charge in [-0.1, -0.05) is 6.07 Å². The summed E-state index contributed by atoms with van der Waals surface area (Å²) < 4.78 is 5.47. The molecule has 0 radical (unpaired) electrons. The molecule has 2 rings (SSSR count). The van der Waals surface area contributed by atoms with Gasteiger partial charge in [0.05, 0.1) is 11.1 Å². The Labute approximate surface area is 207 Å². The minimum absolute atomic E-state index is 0.00224. The van der Waals surface area contributed by atoms with Crippen LogP contribution in [0.4, 0.5) is 0 Å². The fourth-order valence-electron chi connectivity index (χ4n) is 3.48. The number of benzene rings is 1. The molecule has 1 aliphatic rings. The minimum atomic E-state index is -1.29. The zero-order chi connectivity index (χ0) is 26.7. The van der Waals surface area contributed by atoms with Crippen LogP contribution in [0, 0.1) is 0 Å². The molecule has 1 heterocycles. The molecule has 0 saturated heterocycles. The van der Waals surface area contributed by atoms with Gasteiger partial charge in [-0.25, -0.2) is 0 Å². The second kappa shape index (κ2) is 13.6. The van der Waals surface area contributed by atoms with E-state index >= 15 is 0 Å². The summed E-state index contributed by atoms with van der Waals surface area (Å²) in [6.45, 7) is 0.103. The number of fused-ring (bicyclic) bond motifs is 1. The van der Waals surface area contributed by atoms with E-state index in [2.05, 4.69) is 16.0 Å². The van der Waals surface area contributed by atoms with Gasteiger partial charge in [-0.15, -0.1) is 0 Å². The highest BCUT2D eigenvalue weighted by molar-refractivity contribution is 6.24. The number of amides is 6. The van der Waals surface area contributed by atoms with Gasteiger partial charge < -0.3 is 31.2 Å². The lowest BCUT2D eigenvalue weighted by atomic mass is 10.1. The Hall–Kier alpha value is -4.29. The number of hydrogen-bond donors (Lipinski definition) is 4. The van der Waals surface area contributed by atoms with Gasteiger partial charge in [0.2, 0.25) is 17.7 Å². The lowest BCUT2D eigenvalue weighted by Gasteiger charge is -2.22. The van der Waals surface area contributed by atoms with Crippen LogP contribution in [0.2, 0.25) is 0 Å². The number of nitrogens with one attached hydrogen (secondary N) is 3. The maximum Gasteiger partial charge on any atom is 0.266 e. The maximum absolute atomic E-state index is 13.0. The third kappa shape index (κ3) is 7.35. The molecule has 1 aliphatic heterocycles. The maximum atomic E-state index is 13.0. The first-order valence-electron chi connectivity index (χ1n) is 11.3. The molecule has 36 heavy (non-hydrogen) atoms. The van der Waals surface area contributed by atoms with Crippen LogP contribution in [0.5, 0.6) is 5.75 Å². The molecule has 13 nitrogen and oxygen atoms in total. The molecule has 0 spiro atoms. The molecule has 194 valence electrons. The van der Waals surface area contributed by atoms with E-state index < -0.39 is 36.3 Å². The molecule has 6 amide bonds. The minimum Gasteiger partial charge on any atom is -0.483 e. The Morgan fingerprint density at radius 3 is 2.33 bits per heavy atom. The standard InChI is InChI=1S/C23H29N5O8/c1-25-17(30)8-9-18(31)26-10-4-11-27-19(32)13-36-16-7-2-5-14-20(16)23(35)28(22(14)34)15(21(24)33)6-3-12-29/h2,5,7,12,15H,3-4,6,8-11,13H2,1H3,(H2,24,33)(H,25,30)(H,26,31)(H,27,32). The first-order chi connectivity index (χ1) is 17.2. The summed E-state index contributed by atoms with van der Waals surface area (Å²) in [6, 6.07) is 2.99. The average molecular weight is 504 g/mol. The lowest BCUT2D eigenvalue weighted by molar-refractivity contribution is -0.126. The van der Waals surface area contributed by atoms with E-state index in [0.29, 0.717) is 24.2 Å². The monoisotopic (exact) mass is 503 g/mol. The van der Waals surface area contributed by atoms with E-state index in [1.54, 1.807) is 0 Å². The fourth-order valence-corrected chi connectivity index (χ4v) is 3.48. The number of hydrogen-bond acceptors (Lipinski definition) is 8. The number of carbonyl (C=O) groups excluding carboxylic acids is 7. The Bertz CT molecular complexity index is 1040. The van der Waals surface area contributed by atoms with E-state index in [-0.39, 0.29) is 60.9 Å². The molecule has 1 aromatic rings. The van der Waals surface area contributed by atoms with Crippen molar-refractivity contribution in [2.45, 2.75) is 38.1 Å². The van der Waals surface area contributed by atoms with Gasteiger partial charge in [-0.3, -0.25) is 33.7 Å². The fraction of sp³-hybridized carbons (Fsp3) is 0.435. The smallest absolute Gasteiger partial charge is 0.266 e. The highest BCUT2D eigenvalue weighted by atomic mass is 16.5. The normalized spacial score (nSPS) is 13.0. The average Bonchev–Trinajstić information content (AvgIpc) is 3.11. The number of primary amides is 1. The van der Waals surface area contributed by atoms with Gasteiger partial charge in [0.15, 0.2) is 6.61 Å². The molecule has 1 unspecified atom stereocenters. The van der Waals surface area contributed by atoms with Crippen molar-refractivity contribution in [3.8, 4) is 5.75 Å². The summed E-state index contributed by atoms with van der Waals surface area (Å²) >= 11 is 0. The number of rotatable bonds is 15. The SMILES string of the molecule is CNC(=O)CCC(=O)NCCCNC(=O)COc1cccc2c1C(=O)N(C(CCC=O)C(N)=O)C2=O. The second-order valence-electron chi connectivity index (χ2n) is 7.84. The van der Waals surface area contributed by atoms with Gasteiger partial charge in [0.1, 0.15) is 18.1 Å². The summed E-state index contributed by atoms with van der Waals surface area (Å²) in [6.07, 6.45) is 0.990. The van der Waals surface area contributed by atoms with Gasteiger partial charge in [-0.05, 0) is 25.0 Å². The molecule has 13 heteroatoms.